The summed E-state index contributed by atoms with van der Waals surface area (Å²) in [5.74, 6) is -0.832. The third-order valence-electron chi connectivity index (χ3n) is 5.68. The van der Waals surface area contributed by atoms with Gasteiger partial charge >= 0.3 is 5.97 Å². The Balaban J connectivity index is 1.99. The number of carbonyl (C=O) groups is 2. The van der Waals surface area contributed by atoms with Crippen LogP contribution in [0.15, 0.2) is 59.1 Å². The fourth-order valence-corrected chi connectivity index (χ4v) is 5.03. The Labute approximate surface area is 171 Å². The highest BCUT2D eigenvalue weighted by Crippen LogP contribution is 2.56. The van der Waals surface area contributed by atoms with Crippen molar-refractivity contribution in [3.8, 4) is 11.1 Å². The monoisotopic (exact) mass is 438 g/mol. The Morgan fingerprint density at radius 1 is 1.04 bits per heavy atom. The number of carboxylic acid groups (broad SMARTS) is 1. The number of ether oxygens (including phenoxy) is 1. The van der Waals surface area contributed by atoms with Gasteiger partial charge in [-0.05, 0) is 58.5 Å². The molecule has 0 spiro atoms. The van der Waals surface area contributed by atoms with E-state index >= 15 is 0 Å². The van der Waals surface area contributed by atoms with E-state index in [2.05, 4.69) is 46.3 Å². The topological polar surface area (TPSA) is 63.6 Å². The Kier molecular flexibility index (Phi) is 4.94. The van der Waals surface area contributed by atoms with Crippen LogP contribution in [0.1, 0.15) is 30.4 Å². The van der Waals surface area contributed by atoms with E-state index < -0.39 is 11.4 Å². The number of carboxylic acids is 1. The van der Waals surface area contributed by atoms with Crippen LogP contribution in [0.25, 0.3) is 21.9 Å². The van der Waals surface area contributed by atoms with Gasteiger partial charge in [0.15, 0.2) is 0 Å². The van der Waals surface area contributed by atoms with Gasteiger partial charge in [0.05, 0.1) is 6.61 Å². The normalized spacial score (nSPS) is 17.2. The molecule has 1 atom stereocenters. The van der Waals surface area contributed by atoms with Crippen LogP contribution in [-0.2, 0) is 19.7 Å². The predicted molar refractivity (Wildman–Crippen MR) is 111 cm³/mol. The second kappa shape index (κ2) is 7.40. The van der Waals surface area contributed by atoms with Gasteiger partial charge in [-0.3, -0.25) is 9.59 Å². The lowest BCUT2D eigenvalue weighted by Crippen LogP contribution is -2.28. The maximum absolute atomic E-state index is 11.4. The van der Waals surface area contributed by atoms with Crippen molar-refractivity contribution in [1.82, 2.24) is 0 Å². The predicted octanol–water partition coefficient (Wildman–Crippen LogP) is 5.30. The van der Waals surface area contributed by atoms with Crippen LogP contribution in [0.5, 0.6) is 0 Å². The first-order valence-electron chi connectivity index (χ1n) is 9.16. The summed E-state index contributed by atoms with van der Waals surface area (Å²) in [6.45, 7) is 0.685. The molecule has 0 bridgehead atoms. The minimum absolute atomic E-state index is 0.0410. The van der Waals surface area contributed by atoms with Crippen molar-refractivity contribution in [2.45, 2.75) is 24.7 Å². The molecule has 0 amide bonds. The summed E-state index contributed by atoms with van der Waals surface area (Å²) < 4.78 is 6.02. The third kappa shape index (κ3) is 3.00. The van der Waals surface area contributed by atoms with Crippen LogP contribution in [0.4, 0.5) is 0 Å². The molecule has 0 aromatic heterocycles. The number of rotatable bonds is 7. The zero-order valence-corrected chi connectivity index (χ0v) is 16.7. The van der Waals surface area contributed by atoms with Gasteiger partial charge in [0.1, 0.15) is 0 Å². The van der Waals surface area contributed by atoms with E-state index in [0.717, 1.165) is 37.5 Å². The average molecular weight is 439 g/mol. The minimum Gasteiger partial charge on any atom is -0.481 e. The Morgan fingerprint density at radius 3 is 2.50 bits per heavy atom. The SMILES string of the molecule is O=COCCC1(CCC(=O)O)c2cc3ccccc3cc2-c2c(Br)cccc21. The van der Waals surface area contributed by atoms with E-state index in [4.69, 9.17) is 4.74 Å². The van der Waals surface area contributed by atoms with E-state index in [9.17, 15) is 14.7 Å². The van der Waals surface area contributed by atoms with Crippen molar-refractivity contribution in [1.29, 1.82) is 0 Å². The van der Waals surface area contributed by atoms with E-state index in [1.807, 2.05) is 24.3 Å². The molecule has 0 saturated heterocycles. The molecule has 5 heteroatoms. The quantitative estimate of drug-likeness (QED) is 0.401. The number of carbonyl (C=O) groups excluding carboxylic acids is 1. The summed E-state index contributed by atoms with van der Waals surface area (Å²) in [4.78, 5) is 22.2. The molecule has 0 aliphatic heterocycles. The lowest BCUT2D eigenvalue weighted by atomic mass is 9.72. The standard InChI is InChI=1S/C23H19BrO4/c24-20-7-3-6-18-22(20)17-12-15-4-1-2-5-16(15)13-19(17)23(18,9-8-21(26)27)10-11-28-14-25/h1-7,12-14H,8-11H2,(H,26,27). The lowest BCUT2D eigenvalue weighted by molar-refractivity contribution is -0.137. The van der Waals surface area contributed by atoms with Gasteiger partial charge in [0.25, 0.3) is 6.47 Å². The number of benzene rings is 3. The van der Waals surface area contributed by atoms with Crippen LogP contribution in [0, 0.1) is 0 Å². The van der Waals surface area contributed by atoms with Crippen molar-refractivity contribution in [2.75, 3.05) is 6.61 Å². The highest BCUT2D eigenvalue weighted by atomic mass is 79.9. The fraction of sp³-hybridized carbons (Fsp3) is 0.217. The first-order valence-corrected chi connectivity index (χ1v) is 9.96. The summed E-state index contributed by atoms with van der Waals surface area (Å²) in [7, 11) is 0. The van der Waals surface area contributed by atoms with E-state index in [1.165, 1.54) is 0 Å². The van der Waals surface area contributed by atoms with Gasteiger partial charge in [-0.15, -0.1) is 0 Å². The Morgan fingerprint density at radius 2 is 1.79 bits per heavy atom. The second-order valence-corrected chi connectivity index (χ2v) is 7.95. The van der Waals surface area contributed by atoms with Gasteiger partial charge in [-0.25, -0.2) is 0 Å². The van der Waals surface area contributed by atoms with Gasteiger partial charge < -0.3 is 9.84 Å². The maximum Gasteiger partial charge on any atom is 0.303 e. The molecule has 1 N–H and O–H groups in total. The molecule has 4 nitrogen and oxygen atoms in total. The van der Waals surface area contributed by atoms with Crippen LogP contribution >= 0.6 is 15.9 Å². The highest BCUT2D eigenvalue weighted by molar-refractivity contribution is 9.10. The molecule has 0 radical (unpaired) electrons. The van der Waals surface area contributed by atoms with E-state index in [-0.39, 0.29) is 13.0 Å². The summed E-state index contributed by atoms with van der Waals surface area (Å²) in [5.41, 5.74) is 3.88. The number of hydrogen-bond acceptors (Lipinski definition) is 3. The Bertz CT molecular complexity index is 1080. The summed E-state index contributed by atoms with van der Waals surface area (Å²) in [5, 5.41) is 11.6. The second-order valence-electron chi connectivity index (χ2n) is 7.10. The molecule has 1 aliphatic carbocycles. The van der Waals surface area contributed by atoms with E-state index in [0.29, 0.717) is 19.3 Å². The van der Waals surface area contributed by atoms with Gasteiger partial charge in [0.2, 0.25) is 0 Å². The number of fused-ring (bicyclic) bond motifs is 4. The molecular formula is C23H19BrO4. The fourth-order valence-electron chi connectivity index (χ4n) is 4.45. The molecule has 28 heavy (non-hydrogen) atoms. The largest absolute Gasteiger partial charge is 0.481 e. The molecule has 0 heterocycles. The number of hydrogen-bond donors (Lipinski definition) is 1. The smallest absolute Gasteiger partial charge is 0.303 e. The van der Waals surface area contributed by atoms with Crippen LogP contribution in [-0.4, -0.2) is 24.2 Å². The zero-order chi connectivity index (χ0) is 19.7. The molecule has 0 saturated carbocycles. The van der Waals surface area contributed by atoms with Crippen molar-refractivity contribution in [3.05, 3.63) is 70.2 Å². The Hall–Kier alpha value is -2.66. The van der Waals surface area contributed by atoms with Crippen molar-refractivity contribution < 1.29 is 19.4 Å². The average Bonchev–Trinajstić information content (AvgIpc) is 2.96. The van der Waals surface area contributed by atoms with Crippen molar-refractivity contribution >= 4 is 39.1 Å². The molecular weight excluding hydrogens is 420 g/mol. The molecule has 3 aromatic carbocycles. The minimum atomic E-state index is -0.832. The first-order chi connectivity index (χ1) is 13.6. The van der Waals surface area contributed by atoms with Crippen LogP contribution in [0.3, 0.4) is 0 Å². The lowest BCUT2D eigenvalue weighted by Gasteiger charge is -2.32. The first kappa shape index (κ1) is 18.7. The summed E-state index contributed by atoms with van der Waals surface area (Å²) in [6, 6.07) is 18.6. The summed E-state index contributed by atoms with van der Waals surface area (Å²) in [6.07, 6.45) is 1.02. The molecule has 4 rings (SSSR count). The maximum atomic E-state index is 11.4. The molecule has 0 fully saturated rings. The van der Waals surface area contributed by atoms with E-state index in [1.54, 1.807) is 0 Å². The van der Waals surface area contributed by atoms with Crippen molar-refractivity contribution in [3.63, 3.8) is 0 Å². The summed E-state index contributed by atoms with van der Waals surface area (Å²) >= 11 is 3.69. The third-order valence-corrected chi connectivity index (χ3v) is 6.34. The molecule has 3 aromatic rings. The van der Waals surface area contributed by atoms with Gasteiger partial charge in [-0.2, -0.15) is 0 Å². The number of halogens is 1. The molecule has 142 valence electrons. The molecule has 1 unspecified atom stereocenters. The van der Waals surface area contributed by atoms with Gasteiger partial charge in [0, 0.05) is 21.9 Å². The van der Waals surface area contributed by atoms with Gasteiger partial charge in [-0.1, -0.05) is 52.3 Å². The van der Waals surface area contributed by atoms with Crippen LogP contribution < -0.4 is 0 Å². The molecule has 1 aliphatic rings. The zero-order valence-electron chi connectivity index (χ0n) is 15.2. The van der Waals surface area contributed by atoms with Crippen molar-refractivity contribution in [2.24, 2.45) is 0 Å². The highest BCUT2D eigenvalue weighted by Gasteiger charge is 2.44. The number of aliphatic carboxylic acids is 1. The van der Waals surface area contributed by atoms with Crippen LogP contribution in [0.2, 0.25) is 0 Å².